The van der Waals surface area contributed by atoms with Gasteiger partial charge in [-0.25, -0.2) is 0 Å². The summed E-state index contributed by atoms with van der Waals surface area (Å²) in [5.74, 6) is 2.53. The van der Waals surface area contributed by atoms with Gasteiger partial charge in [-0.15, -0.1) is 0 Å². The van der Waals surface area contributed by atoms with Crippen LogP contribution in [0.5, 0.6) is 17.2 Å². The van der Waals surface area contributed by atoms with Crippen molar-refractivity contribution in [3.63, 3.8) is 0 Å². The van der Waals surface area contributed by atoms with Crippen LogP contribution in [0.4, 0.5) is 0 Å². The lowest BCUT2D eigenvalue weighted by Crippen LogP contribution is -2.36. The molecule has 1 rings (SSSR count). The fourth-order valence-corrected chi connectivity index (χ4v) is 1.74. The summed E-state index contributed by atoms with van der Waals surface area (Å²) in [4.78, 5) is 0. The zero-order valence-electron chi connectivity index (χ0n) is 11.8. The zero-order valence-corrected chi connectivity index (χ0v) is 11.8. The molecule has 0 amide bonds. The van der Waals surface area contributed by atoms with Crippen LogP contribution in [0.3, 0.4) is 0 Å². The van der Waals surface area contributed by atoms with Crippen LogP contribution in [0.2, 0.25) is 0 Å². The minimum absolute atomic E-state index is 0.291. The van der Waals surface area contributed by atoms with Gasteiger partial charge in [-0.3, -0.25) is 0 Å². The van der Waals surface area contributed by atoms with Gasteiger partial charge in [-0.1, -0.05) is 19.9 Å². The fraction of sp³-hybridized carbons (Fsp3) is 0.571. The molecule has 0 saturated heterocycles. The minimum atomic E-state index is 0.291. The lowest BCUT2D eigenvalue weighted by molar-refractivity contribution is 0.220. The van der Waals surface area contributed by atoms with Gasteiger partial charge in [0, 0.05) is 6.04 Å². The molecule has 1 N–H and O–H groups in total. The Hall–Kier alpha value is -1.42. The molecule has 0 saturated carbocycles. The molecule has 0 aliphatic carbocycles. The maximum absolute atomic E-state index is 5.85. The number of likely N-dealkylation sites (N-methyl/N-ethyl adjacent to an activating group) is 1. The molecule has 0 bridgehead atoms. The second-order valence-electron chi connectivity index (χ2n) is 4.44. The third-order valence-corrected chi connectivity index (χ3v) is 2.97. The molecule has 4 heteroatoms. The second-order valence-corrected chi connectivity index (χ2v) is 4.44. The highest BCUT2D eigenvalue weighted by atomic mass is 16.5. The Morgan fingerprint density at radius 2 is 1.67 bits per heavy atom. The van der Waals surface area contributed by atoms with E-state index >= 15 is 0 Å². The average molecular weight is 253 g/mol. The van der Waals surface area contributed by atoms with E-state index in [1.807, 2.05) is 25.2 Å². The van der Waals surface area contributed by atoms with E-state index in [4.69, 9.17) is 14.2 Å². The largest absolute Gasteiger partial charge is 0.493 e. The normalized spacial score (nSPS) is 12.3. The molecule has 0 aliphatic rings. The van der Waals surface area contributed by atoms with Crippen molar-refractivity contribution < 1.29 is 14.2 Å². The lowest BCUT2D eigenvalue weighted by atomic mass is 10.1. The van der Waals surface area contributed by atoms with Crippen LogP contribution < -0.4 is 19.5 Å². The molecule has 0 heterocycles. The Morgan fingerprint density at radius 1 is 1.11 bits per heavy atom. The Bertz CT molecular complexity index is 344. The van der Waals surface area contributed by atoms with Crippen molar-refractivity contribution in [1.29, 1.82) is 0 Å². The average Bonchev–Trinajstić information content (AvgIpc) is 2.38. The molecule has 0 aliphatic heterocycles. The molecule has 0 fully saturated rings. The summed E-state index contributed by atoms with van der Waals surface area (Å²) in [6.45, 7) is 4.89. The number of nitrogens with one attached hydrogen (secondary N) is 1. The van der Waals surface area contributed by atoms with Gasteiger partial charge in [0.05, 0.1) is 14.2 Å². The molecular formula is C14H23NO3. The van der Waals surface area contributed by atoms with Crippen LogP contribution in [0, 0.1) is 5.92 Å². The van der Waals surface area contributed by atoms with Crippen LogP contribution in [-0.2, 0) is 0 Å². The Morgan fingerprint density at radius 3 is 2.06 bits per heavy atom. The highest BCUT2D eigenvalue weighted by Crippen LogP contribution is 2.36. The highest BCUT2D eigenvalue weighted by molar-refractivity contribution is 5.51. The van der Waals surface area contributed by atoms with Gasteiger partial charge >= 0.3 is 0 Å². The van der Waals surface area contributed by atoms with Gasteiger partial charge in [0.1, 0.15) is 6.61 Å². The summed E-state index contributed by atoms with van der Waals surface area (Å²) < 4.78 is 16.4. The molecule has 1 unspecified atom stereocenters. The van der Waals surface area contributed by atoms with Gasteiger partial charge in [0.25, 0.3) is 0 Å². The first-order valence-electron chi connectivity index (χ1n) is 6.15. The monoisotopic (exact) mass is 253 g/mol. The van der Waals surface area contributed by atoms with E-state index in [9.17, 15) is 0 Å². The molecule has 0 aromatic heterocycles. The van der Waals surface area contributed by atoms with E-state index in [1.54, 1.807) is 14.2 Å². The predicted octanol–water partition coefficient (Wildman–Crippen LogP) is 2.33. The molecule has 102 valence electrons. The van der Waals surface area contributed by atoms with E-state index in [0.717, 1.165) is 0 Å². The SMILES string of the molecule is CNC(COc1c(OC)cccc1OC)C(C)C. The van der Waals surface area contributed by atoms with Crippen molar-refractivity contribution in [3.05, 3.63) is 18.2 Å². The molecule has 1 aromatic carbocycles. The maximum Gasteiger partial charge on any atom is 0.203 e. The molecular weight excluding hydrogens is 230 g/mol. The van der Waals surface area contributed by atoms with E-state index in [-0.39, 0.29) is 0 Å². The Kier molecular flexibility index (Phi) is 5.78. The van der Waals surface area contributed by atoms with Crippen LogP contribution in [-0.4, -0.2) is 33.9 Å². The molecule has 18 heavy (non-hydrogen) atoms. The second kappa shape index (κ2) is 7.11. The van der Waals surface area contributed by atoms with Crippen LogP contribution in [0.1, 0.15) is 13.8 Å². The Balaban J connectivity index is 2.82. The fourth-order valence-electron chi connectivity index (χ4n) is 1.74. The van der Waals surface area contributed by atoms with Gasteiger partial charge in [0.15, 0.2) is 11.5 Å². The number of hydrogen-bond donors (Lipinski definition) is 1. The first-order chi connectivity index (χ1) is 8.63. The third-order valence-electron chi connectivity index (χ3n) is 2.97. The van der Waals surface area contributed by atoms with Crippen molar-refractivity contribution in [2.24, 2.45) is 5.92 Å². The standard InChI is InChI=1S/C14H23NO3/c1-10(2)11(15-3)9-18-14-12(16-4)7-6-8-13(14)17-5/h6-8,10-11,15H,9H2,1-5H3. The molecule has 1 aromatic rings. The number of para-hydroxylation sites is 1. The van der Waals surface area contributed by atoms with Crippen molar-refractivity contribution in [2.45, 2.75) is 19.9 Å². The molecule has 0 radical (unpaired) electrons. The van der Waals surface area contributed by atoms with E-state index in [0.29, 0.717) is 35.8 Å². The third kappa shape index (κ3) is 3.53. The van der Waals surface area contributed by atoms with Crippen LogP contribution in [0.25, 0.3) is 0 Å². The first kappa shape index (κ1) is 14.6. The van der Waals surface area contributed by atoms with Gasteiger partial charge < -0.3 is 19.5 Å². The van der Waals surface area contributed by atoms with Crippen LogP contribution >= 0.6 is 0 Å². The van der Waals surface area contributed by atoms with Gasteiger partial charge in [-0.05, 0) is 25.1 Å². The van der Waals surface area contributed by atoms with E-state index in [1.165, 1.54) is 0 Å². The van der Waals surface area contributed by atoms with E-state index in [2.05, 4.69) is 19.2 Å². The van der Waals surface area contributed by atoms with E-state index < -0.39 is 0 Å². The first-order valence-corrected chi connectivity index (χ1v) is 6.15. The zero-order chi connectivity index (χ0) is 13.5. The molecule has 1 atom stereocenters. The smallest absolute Gasteiger partial charge is 0.203 e. The summed E-state index contributed by atoms with van der Waals surface area (Å²) in [6, 6.07) is 5.89. The van der Waals surface area contributed by atoms with Gasteiger partial charge in [0.2, 0.25) is 5.75 Å². The number of methoxy groups -OCH3 is 2. The van der Waals surface area contributed by atoms with Crippen molar-refractivity contribution in [3.8, 4) is 17.2 Å². The maximum atomic E-state index is 5.85. The van der Waals surface area contributed by atoms with Crippen molar-refractivity contribution >= 4 is 0 Å². The number of benzene rings is 1. The van der Waals surface area contributed by atoms with Crippen molar-refractivity contribution in [1.82, 2.24) is 5.32 Å². The summed E-state index contributed by atoms with van der Waals surface area (Å²) in [6.07, 6.45) is 0. The topological polar surface area (TPSA) is 39.7 Å². The quantitative estimate of drug-likeness (QED) is 0.809. The summed E-state index contributed by atoms with van der Waals surface area (Å²) in [5.41, 5.74) is 0. The lowest BCUT2D eigenvalue weighted by Gasteiger charge is -2.22. The highest BCUT2D eigenvalue weighted by Gasteiger charge is 2.16. The summed E-state index contributed by atoms with van der Waals surface area (Å²) in [5, 5.41) is 3.24. The Labute approximate surface area is 109 Å². The summed E-state index contributed by atoms with van der Waals surface area (Å²) in [7, 11) is 5.19. The summed E-state index contributed by atoms with van der Waals surface area (Å²) >= 11 is 0. The number of rotatable bonds is 7. The van der Waals surface area contributed by atoms with Crippen molar-refractivity contribution in [2.75, 3.05) is 27.9 Å². The molecule has 0 spiro atoms. The van der Waals surface area contributed by atoms with Gasteiger partial charge in [-0.2, -0.15) is 0 Å². The number of hydrogen-bond acceptors (Lipinski definition) is 4. The number of ether oxygens (including phenoxy) is 3. The predicted molar refractivity (Wildman–Crippen MR) is 72.7 cm³/mol. The molecule has 4 nitrogen and oxygen atoms in total. The minimum Gasteiger partial charge on any atom is -0.493 e. The van der Waals surface area contributed by atoms with Crippen LogP contribution in [0.15, 0.2) is 18.2 Å².